The molecule has 0 spiro atoms. The average Bonchev–Trinajstić information content (AvgIpc) is 3.06. The molecule has 0 atom stereocenters. The molecule has 0 unspecified atom stereocenters. The molecule has 6 nitrogen and oxygen atoms in total. The quantitative estimate of drug-likeness (QED) is 0.778. The van der Waals surface area contributed by atoms with E-state index >= 15 is 0 Å². The standard InChI is InChI=1S/C13H14N4O2/c1-7(18)16-9-4-10-11(6-15-12(10)14-5-9)13(19)17-8-2-3-8/h4-6,8H,2-3H2,1H3,(H,14,15)(H,16,18)(H,17,19). The number of rotatable bonds is 3. The van der Waals surface area contributed by atoms with Crippen LogP contribution in [0.3, 0.4) is 0 Å². The zero-order chi connectivity index (χ0) is 13.4. The highest BCUT2D eigenvalue weighted by Gasteiger charge is 2.25. The number of carbonyl (C=O) groups excluding carboxylic acids is 2. The molecule has 3 N–H and O–H groups in total. The number of H-pyrrole nitrogens is 1. The van der Waals surface area contributed by atoms with E-state index in [9.17, 15) is 9.59 Å². The number of hydrogen-bond acceptors (Lipinski definition) is 3. The average molecular weight is 258 g/mol. The third kappa shape index (κ3) is 2.42. The molecule has 2 heterocycles. The number of amides is 2. The number of aromatic amines is 1. The number of hydrogen-bond donors (Lipinski definition) is 3. The van der Waals surface area contributed by atoms with Gasteiger partial charge in [-0.15, -0.1) is 0 Å². The van der Waals surface area contributed by atoms with Crippen molar-refractivity contribution in [3.8, 4) is 0 Å². The summed E-state index contributed by atoms with van der Waals surface area (Å²) < 4.78 is 0. The van der Waals surface area contributed by atoms with Gasteiger partial charge in [-0.25, -0.2) is 4.98 Å². The zero-order valence-electron chi connectivity index (χ0n) is 10.5. The Hall–Kier alpha value is -2.37. The van der Waals surface area contributed by atoms with E-state index in [-0.39, 0.29) is 11.8 Å². The van der Waals surface area contributed by atoms with Gasteiger partial charge in [-0.1, -0.05) is 0 Å². The maximum Gasteiger partial charge on any atom is 0.253 e. The number of anilines is 1. The Balaban J connectivity index is 1.94. The van der Waals surface area contributed by atoms with E-state index in [1.54, 1.807) is 18.5 Å². The van der Waals surface area contributed by atoms with E-state index in [1.807, 2.05) is 0 Å². The first-order valence-corrected chi connectivity index (χ1v) is 6.19. The summed E-state index contributed by atoms with van der Waals surface area (Å²) in [6, 6.07) is 2.06. The van der Waals surface area contributed by atoms with Crippen molar-refractivity contribution in [2.75, 3.05) is 5.32 Å². The van der Waals surface area contributed by atoms with Crippen LogP contribution in [0.25, 0.3) is 11.0 Å². The largest absolute Gasteiger partial charge is 0.349 e. The number of aromatic nitrogens is 2. The van der Waals surface area contributed by atoms with Crippen molar-refractivity contribution < 1.29 is 9.59 Å². The highest BCUT2D eigenvalue weighted by molar-refractivity contribution is 6.07. The van der Waals surface area contributed by atoms with Gasteiger partial charge in [-0.3, -0.25) is 9.59 Å². The third-order valence-electron chi connectivity index (χ3n) is 3.01. The first kappa shape index (κ1) is 11.7. The van der Waals surface area contributed by atoms with Gasteiger partial charge in [0.15, 0.2) is 0 Å². The summed E-state index contributed by atoms with van der Waals surface area (Å²) in [6.45, 7) is 1.43. The van der Waals surface area contributed by atoms with Gasteiger partial charge in [-0.05, 0) is 18.9 Å². The molecule has 2 aromatic rings. The van der Waals surface area contributed by atoms with E-state index in [2.05, 4.69) is 20.6 Å². The van der Waals surface area contributed by atoms with Crippen molar-refractivity contribution in [1.29, 1.82) is 0 Å². The van der Waals surface area contributed by atoms with Crippen molar-refractivity contribution in [1.82, 2.24) is 15.3 Å². The Kier molecular flexibility index (Phi) is 2.70. The van der Waals surface area contributed by atoms with E-state index < -0.39 is 0 Å². The molecule has 1 aliphatic carbocycles. The lowest BCUT2D eigenvalue weighted by molar-refractivity contribution is -0.114. The second kappa shape index (κ2) is 4.38. The molecule has 2 aromatic heterocycles. The van der Waals surface area contributed by atoms with Gasteiger partial charge in [0.2, 0.25) is 5.91 Å². The first-order chi connectivity index (χ1) is 9.13. The lowest BCUT2D eigenvalue weighted by atomic mass is 10.2. The molecule has 2 amide bonds. The van der Waals surface area contributed by atoms with Crippen LogP contribution in [0.5, 0.6) is 0 Å². The predicted molar refractivity (Wildman–Crippen MR) is 70.9 cm³/mol. The van der Waals surface area contributed by atoms with Gasteiger partial charge in [0.05, 0.1) is 17.4 Å². The molecule has 19 heavy (non-hydrogen) atoms. The van der Waals surface area contributed by atoms with Crippen LogP contribution in [0.2, 0.25) is 0 Å². The minimum atomic E-state index is -0.166. The summed E-state index contributed by atoms with van der Waals surface area (Å²) in [5, 5.41) is 6.31. The molecule has 0 aliphatic heterocycles. The molecule has 6 heteroatoms. The summed E-state index contributed by atoms with van der Waals surface area (Å²) in [7, 11) is 0. The normalized spacial score (nSPS) is 14.4. The highest BCUT2D eigenvalue weighted by Crippen LogP contribution is 2.23. The SMILES string of the molecule is CC(=O)Nc1cnc2[nH]cc(C(=O)NC3CC3)c2c1. The van der Waals surface area contributed by atoms with Crippen molar-refractivity contribution in [3.05, 3.63) is 24.0 Å². The molecule has 0 radical (unpaired) electrons. The smallest absolute Gasteiger partial charge is 0.253 e. The molecule has 0 saturated heterocycles. The molecular weight excluding hydrogens is 244 g/mol. The molecule has 3 rings (SSSR count). The van der Waals surface area contributed by atoms with Gasteiger partial charge in [-0.2, -0.15) is 0 Å². The van der Waals surface area contributed by atoms with E-state index in [0.717, 1.165) is 12.8 Å². The zero-order valence-corrected chi connectivity index (χ0v) is 10.5. The Morgan fingerprint density at radius 3 is 2.89 bits per heavy atom. The van der Waals surface area contributed by atoms with Crippen LogP contribution in [-0.4, -0.2) is 27.8 Å². The fourth-order valence-electron chi connectivity index (χ4n) is 1.95. The number of pyridine rings is 1. The topological polar surface area (TPSA) is 86.9 Å². The van der Waals surface area contributed by atoms with Crippen LogP contribution < -0.4 is 10.6 Å². The molecule has 0 bridgehead atoms. The van der Waals surface area contributed by atoms with Crippen LogP contribution in [0.4, 0.5) is 5.69 Å². The van der Waals surface area contributed by atoms with Gasteiger partial charge in [0.25, 0.3) is 5.91 Å². The van der Waals surface area contributed by atoms with Crippen LogP contribution in [-0.2, 0) is 4.79 Å². The fraction of sp³-hybridized carbons (Fsp3) is 0.308. The summed E-state index contributed by atoms with van der Waals surface area (Å²) in [5.74, 6) is -0.267. The van der Waals surface area contributed by atoms with Crippen LogP contribution >= 0.6 is 0 Å². The Bertz CT molecular complexity index is 658. The number of fused-ring (bicyclic) bond motifs is 1. The van der Waals surface area contributed by atoms with Gasteiger partial charge >= 0.3 is 0 Å². The molecule has 1 saturated carbocycles. The maximum absolute atomic E-state index is 12.1. The third-order valence-corrected chi connectivity index (χ3v) is 3.01. The molecule has 98 valence electrons. The van der Waals surface area contributed by atoms with Crippen molar-refractivity contribution in [2.45, 2.75) is 25.8 Å². The lowest BCUT2D eigenvalue weighted by Crippen LogP contribution is -2.25. The minimum Gasteiger partial charge on any atom is -0.349 e. The number of nitrogens with one attached hydrogen (secondary N) is 3. The number of nitrogens with zero attached hydrogens (tertiary/aromatic N) is 1. The Morgan fingerprint density at radius 1 is 1.42 bits per heavy atom. The van der Waals surface area contributed by atoms with Crippen LogP contribution in [0, 0.1) is 0 Å². The van der Waals surface area contributed by atoms with Gasteiger partial charge < -0.3 is 15.6 Å². The maximum atomic E-state index is 12.1. The molecule has 0 aromatic carbocycles. The monoisotopic (exact) mass is 258 g/mol. The van der Waals surface area contributed by atoms with Crippen LogP contribution in [0.1, 0.15) is 30.1 Å². The minimum absolute atomic E-state index is 0.101. The summed E-state index contributed by atoms with van der Waals surface area (Å²) in [4.78, 5) is 30.2. The first-order valence-electron chi connectivity index (χ1n) is 6.19. The second-order valence-corrected chi connectivity index (χ2v) is 4.75. The summed E-state index contributed by atoms with van der Waals surface area (Å²) in [5.41, 5.74) is 1.77. The molecule has 1 fully saturated rings. The molecule has 1 aliphatic rings. The predicted octanol–water partition coefficient (Wildman–Crippen LogP) is 1.41. The van der Waals surface area contributed by atoms with Crippen molar-refractivity contribution in [3.63, 3.8) is 0 Å². The Morgan fingerprint density at radius 2 is 2.21 bits per heavy atom. The van der Waals surface area contributed by atoms with Crippen LogP contribution in [0.15, 0.2) is 18.5 Å². The van der Waals surface area contributed by atoms with E-state index in [4.69, 9.17) is 0 Å². The van der Waals surface area contributed by atoms with E-state index in [0.29, 0.717) is 28.3 Å². The van der Waals surface area contributed by atoms with Crippen molar-refractivity contribution in [2.24, 2.45) is 0 Å². The van der Waals surface area contributed by atoms with Gasteiger partial charge in [0, 0.05) is 24.5 Å². The highest BCUT2D eigenvalue weighted by atomic mass is 16.2. The van der Waals surface area contributed by atoms with Gasteiger partial charge in [0.1, 0.15) is 5.65 Å². The summed E-state index contributed by atoms with van der Waals surface area (Å²) in [6.07, 6.45) is 5.29. The Labute approximate surface area is 109 Å². The van der Waals surface area contributed by atoms with E-state index in [1.165, 1.54) is 6.92 Å². The molecular formula is C13H14N4O2. The second-order valence-electron chi connectivity index (χ2n) is 4.75. The summed E-state index contributed by atoms with van der Waals surface area (Å²) >= 11 is 0. The fourth-order valence-corrected chi connectivity index (χ4v) is 1.95. The lowest BCUT2D eigenvalue weighted by Gasteiger charge is -2.03. The number of carbonyl (C=O) groups is 2. The van der Waals surface area contributed by atoms with Crippen molar-refractivity contribution >= 4 is 28.5 Å².